The lowest BCUT2D eigenvalue weighted by molar-refractivity contribution is -0.153. The van der Waals surface area contributed by atoms with Crippen LogP contribution in [0.3, 0.4) is 0 Å². The van der Waals surface area contributed by atoms with Gasteiger partial charge < -0.3 is 9.26 Å². The monoisotopic (exact) mass is 345 g/mol. The molecule has 0 heterocycles. The molecule has 0 aromatic heterocycles. The normalized spacial score (nSPS) is 18.7. The maximum absolute atomic E-state index is 12.1. The minimum Gasteiger partial charge on any atom is -0.461 e. The van der Waals surface area contributed by atoms with Crippen LogP contribution in [0.4, 0.5) is 0 Å². The molecule has 0 radical (unpaired) electrons. The van der Waals surface area contributed by atoms with Crippen molar-refractivity contribution in [3.05, 3.63) is 30.3 Å². The van der Waals surface area contributed by atoms with Gasteiger partial charge in [-0.3, -0.25) is 9.36 Å². The van der Waals surface area contributed by atoms with Crippen LogP contribution in [0.1, 0.15) is 39.0 Å². The molecule has 1 aromatic carbocycles. The summed E-state index contributed by atoms with van der Waals surface area (Å²) in [7, 11) is -2.76. The van der Waals surface area contributed by atoms with Crippen LogP contribution in [0.15, 0.2) is 30.3 Å². The molecule has 0 N–H and O–H groups in total. The molecular weight excluding hydrogens is 325 g/mol. The summed E-state index contributed by atoms with van der Waals surface area (Å²) in [5.41, 5.74) is 0. The summed E-state index contributed by atoms with van der Waals surface area (Å²) in [6.07, 6.45) is 5.05. The molecule has 122 valence electrons. The average molecular weight is 346 g/mol. The zero-order chi connectivity index (χ0) is 15.9. The van der Waals surface area contributed by atoms with Crippen molar-refractivity contribution in [3.8, 4) is 5.75 Å². The molecule has 1 saturated carbocycles. The molecule has 0 spiro atoms. The Balaban J connectivity index is 1.85. The lowest BCUT2D eigenvalue weighted by Crippen LogP contribution is -2.33. The van der Waals surface area contributed by atoms with Crippen molar-refractivity contribution in [2.75, 3.05) is 0 Å². The Hall–Kier alpha value is -1.03. The Bertz CT molecular complexity index is 508. The fourth-order valence-corrected chi connectivity index (χ4v) is 3.36. The zero-order valence-corrected chi connectivity index (χ0v) is 14.3. The molecule has 0 saturated heterocycles. The van der Waals surface area contributed by atoms with Crippen LogP contribution >= 0.6 is 20.0 Å². The van der Waals surface area contributed by atoms with E-state index in [-0.39, 0.29) is 6.10 Å². The second-order valence-corrected chi connectivity index (χ2v) is 7.23. The highest BCUT2D eigenvalue weighted by atomic mass is 35.5. The smallest absolute Gasteiger partial charge is 0.325 e. The summed E-state index contributed by atoms with van der Waals surface area (Å²) >= 11 is 5.98. The molecule has 1 aromatic rings. The zero-order valence-electron chi connectivity index (χ0n) is 12.5. The van der Waals surface area contributed by atoms with Gasteiger partial charge in [0, 0.05) is 0 Å². The molecule has 1 unspecified atom stereocenters. The van der Waals surface area contributed by atoms with Crippen molar-refractivity contribution in [2.45, 2.75) is 51.2 Å². The SMILES string of the molecule is C[C@@H](C(=O)OC1CCCCC1)N(Cl)[PH](=O)Oc1ccccc1. The van der Waals surface area contributed by atoms with Crippen LogP contribution in [-0.2, 0) is 14.1 Å². The van der Waals surface area contributed by atoms with E-state index in [0.29, 0.717) is 5.75 Å². The number of hydrogen-bond donors (Lipinski definition) is 0. The Morgan fingerprint density at radius 1 is 1.27 bits per heavy atom. The number of benzene rings is 1. The van der Waals surface area contributed by atoms with Crippen LogP contribution < -0.4 is 4.52 Å². The number of para-hydroxylation sites is 1. The van der Waals surface area contributed by atoms with Crippen molar-refractivity contribution < 1.29 is 18.6 Å². The fourth-order valence-electron chi connectivity index (χ4n) is 2.33. The Morgan fingerprint density at radius 3 is 2.55 bits per heavy atom. The maximum atomic E-state index is 12.1. The molecule has 5 nitrogen and oxygen atoms in total. The van der Waals surface area contributed by atoms with Gasteiger partial charge in [0.1, 0.15) is 17.9 Å². The van der Waals surface area contributed by atoms with E-state index in [9.17, 15) is 9.36 Å². The van der Waals surface area contributed by atoms with E-state index in [0.717, 1.165) is 29.9 Å². The Kier molecular flexibility index (Phi) is 6.74. The van der Waals surface area contributed by atoms with Crippen LogP contribution in [0.5, 0.6) is 5.75 Å². The number of carbonyl (C=O) groups is 1. The molecule has 0 amide bonds. The van der Waals surface area contributed by atoms with Crippen LogP contribution in [-0.4, -0.2) is 22.3 Å². The van der Waals surface area contributed by atoms with E-state index in [1.807, 2.05) is 6.07 Å². The summed E-state index contributed by atoms with van der Waals surface area (Å²) in [6.45, 7) is 1.56. The molecule has 1 aliphatic rings. The molecule has 22 heavy (non-hydrogen) atoms. The molecule has 1 fully saturated rings. The number of esters is 1. The third-order valence-corrected chi connectivity index (χ3v) is 5.49. The quantitative estimate of drug-likeness (QED) is 0.440. The van der Waals surface area contributed by atoms with Gasteiger partial charge in [0.05, 0.1) is 0 Å². The van der Waals surface area contributed by atoms with Gasteiger partial charge in [-0.25, -0.2) is 0 Å². The summed E-state index contributed by atoms with van der Waals surface area (Å²) in [6, 6.07) is 7.90. The van der Waals surface area contributed by atoms with Crippen molar-refractivity contribution in [2.24, 2.45) is 0 Å². The Labute approximate surface area is 136 Å². The van der Waals surface area contributed by atoms with Gasteiger partial charge in [-0.1, -0.05) is 24.6 Å². The van der Waals surface area contributed by atoms with E-state index >= 15 is 0 Å². The molecule has 0 aliphatic heterocycles. The Morgan fingerprint density at radius 2 is 1.91 bits per heavy atom. The predicted octanol–water partition coefficient (Wildman–Crippen LogP) is 4.18. The third-order valence-electron chi connectivity index (χ3n) is 3.64. The van der Waals surface area contributed by atoms with Crippen molar-refractivity contribution in [1.29, 1.82) is 0 Å². The van der Waals surface area contributed by atoms with Gasteiger partial charge in [-0.15, -0.1) is 4.19 Å². The molecular formula is C15H21ClNO4P. The summed E-state index contributed by atoms with van der Waals surface area (Å²) in [5.74, 6) is -0.0122. The van der Waals surface area contributed by atoms with E-state index in [2.05, 4.69) is 0 Å². The molecule has 0 bridgehead atoms. The molecule has 2 rings (SSSR count). The largest absolute Gasteiger partial charge is 0.461 e. The van der Waals surface area contributed by atoms with E-state index in [4.69, 9.17) is 21.0 Å². The van der Waals surface area contributed by atoms with Gasteiger partial charge >= 0.3 is 14.1 Å². The first-order chi connectivity index (χ1) is 10.6. The number of hydrogen-bond acceptors (Lipinski definition) is 4. The number of halogens is 1. The van der Waals surface area contributed by atoms with Gasteiger partial charge in [-0.05, 0) is 56.5 Å². The first-order valence-electron chi connectivity index (χ1n) is 7.50. The highest BCUT2D eigenvalue weighted by Crippen LogP contribution is 2.35. The minimum absolute atomic E-state index is 0.0499. The second kappa shape index (κ2) is 8.56. The first kappa shape index (κ1) is 17.3. The average Bonchev–Trinajstić information content (AvgIpc) is 2.55. The molecule has 2 atom stereocenters. The minimum atomic E-state index is -2.76. The first-order valence-corrected chi connectivity index (χ1v) is 9.10. The number of ether oxygens (including phenoxy) is 1. The highest BCUT2D eigenvalue weighted by molar-refractivity contribution is 7.38. The number of carbonyl (C=O) groups excluding carboxylic acids is 1. The van der Waals surface area contributed by atoms with Crippen molar-refractivity contribution in [1.82, 2.24) is 4.19 Å². The van der Waals surface area contributed by atoms with Crippen LogP contribution in [0.2, 0.25) is 0 Å². The van der Waals surface area contributed by atoms with Gasteiger partial charge in [0.15, 0.2) is 0 Å². The van der Waals surface area contributed by atoms with Crippen molar-refractivity contribution in [3.63, 3.8) is 0 Å². The van der Waals surface area contributed by atoms with E-state index in [1.165, 1.54) is 6.42 Å². The number of nitrogens with zero attached hydrogens (tertiary/aromatic N) is 1. The van der Waals surface area contributed by atoms with Crippen molar-refractivity contribution >= 4 is 25.9 Å². The topological polar surface area (TPSA) is 55.8 Å². The highest BCUT2D eigenvalue weighted by Gasteiger charge is 2.29. The van der Waals surface area contributed by atoms with Crippen LogP contribution in [0, 0.1) is 0 Å². The third kappa shape index (κ3) is 5.01. The molecule has 1 aliphatic carbocycles. The van der Waals surface area contributed by atoms with Gasteiger partial charge in [0.25, 0.3) is 0 Å². The van der Waals surface area contributed by atoms with Gasteiger partial charge in [0.2, 0.25) is 0 Å². The summed E-state index contributed by atoms with van der Waals surface area (Å²) < 4.78 is 23.7. The van der Waals surface area contributed by atoms with E-state index < -0.39 is 20.2 Å². The standard InChI is InChI=1S/C15H21ClNO4P/c1-12(15(18)20-13-8-4-2-5-9-13)17(16)22(19)21-14-10-6-3-7-11-14/h3,6-7,10-13,22H,2,4-5,8-9H2,1H3/t12-/m0/s1. The lowest BCUT2D eigenvalue weighted by atomic mass is 9.98. The molecule has 7 heteroatoms. The fraction of sp³-hybridized carbons (Fsp3) is 0.533. The van der Waals surface area contributed by atoms with Crippen LogP contribution in [0.25, 0.3) is 0 Å². The second-order valence-electron chi connectivity index (χ2n) is 5.37. The lowest BCUT2D eigenvalue weighted by Gasteiger charge is -2.25. The number of rotatable bonds is 6. The van der Waals surface area contributed by atoms with Gasteiger partial charge in [-0.2, -0.15) is 0 Å². The summed E-state index contributed by atoms with van der Waals surface area (Å²) in [4.78, 5) is 12.1. The summed E-state index contributed by atoms with van der Waals surface area (Å²) in [5, 5.41) is 0. The maximum Gasteiger partial charge on any atom is 0.325 e. The predicted molar refractivity (Wildman–Crippen MR) is 86.2 cm³/mol. The van der Waals surface area contributed by atoms with E-state index in [1.54, 1.807) is 31.2 Å².